The topological polar surface area (TPSA) is 38.7 Å². The first kappa shape index (κ1) is 24.4. The van der Waals surface area contributed by atoms with Crippen molar-refractivity contribution in [2.45, 2.75) is 51.0 Å². The Bertz CT molecular complexity index is 1080. The zero-order valence-corrected chi connectivity index (χ0v) is 21.6. The zero-order valence-electron chi connectivity index (χ0n) is 20.0. The molecule has 0 N–H and O–H groups in total. The first-order chi connectivity index (χ1) is 16.5. The Balaban J connectivity index is 1.98. The summed E-state index contributed by atoms with van der Waals surface area (Å²) < 4.78 is 6.47. The van der Waals surface area contributed by atoms with Crippen LogP contribution < -0.4 is 0 Å². The minimum atomic E-state index is -1.15. The number of hydrogen-bond acceptors (Lipinski definition) is 3. The molecule has 1 fully saturated rings. The van der Waals surface area contributed by atoms with Gasteiger partial charge in [0.1, 0.15) is 0 Å². The minimum absolute atomic E-state index is 0.00149. The quantitative estimate of drug-likeness (QED) is 0.237. The van der Waals surface area contributed by atoms with Crippen LogP contribution in [0.4, 0.5) is 0 Å². The third-order valence-electron chi connectivity index (χ3n) is 6.99. The van der Waals surface area contributed by atoms with E-state index in [0.29, 0.717) is 6.42 Å². The van der Waals surface area contributed by atoms with Crippen molar-refractivity contribution in [1.29, 1.82) is 0 Å². The van der Waals surface area contributed by atoms with Crippen LogP contribution in [0, 0.1) is 5.41 Å². The summed E-state index contributed by atoms with van der Waals surface area (Å²) in [4.78, 5) is 19.2. The number of aliphatic imine (C=N–C) groups is 1. The van der Waals surface area contributed by atoms with Gasteiger partial charge in [-0.15, -0.1) is 0 Å². The number of ether oxygens (including phenoxy) is 1. The first-order valence-corrected chi connectivity index (χ1v) is 12.8. The van der Waals surface area contributed by atoms with Gasteiger partial charge in [0.2, 0.25) is 0 Å². The fourth-order valence-corrected chi connectivity index (χ4v) is 5.48. The highest BCUT2D eigenvalue weighted by Gasteiger charge is 2.47. The summed E-state index contributed by atoms with van der Waals surface area (Å²) in [5.41, 5.74) is 2.47. The first-order valence-electron chi connectivity index (χ1n) is 12.0. The third kappa shape index (κ3) is 5.33. The van der Waals surface area contributed by atoms with Crippen LogP contribution >= 0.6 is 15.9 Å². The molecule has 0 bridgehead atoms. The summed E-state index contributed by atoms with van der Waals surface area (Å²) in [5.74, 6) is -0.314. The van der Waals surface area contributed by atoms with Crippen LogP contribution in [0.15, 0.2) is 94.4 Å². The van der Waals surface area contributed by atoms with Crippen LogP contribution in [0.5, 0.6) is 0 Å². The number of carbonyl (C=O) groups is 1. The molecule has 1 unspecified atom stereocenters. The van der Waals surface area contributed by atoms with Gasteiger partial charge < -0.3 is 4.74 Å². The molecule has 0 aromatic heterocycles. The van der Waals surface area contributed by atoms with Gasteiger partial charge in [-0.3, -0.25) is 4.99 Å². The van der Waals surface area contributed by atoms with Crippen molar-refractivity contribution in [2.75, 3.05) is 7.11 Å². The number of halogens is 1. The predicted octanol–water partition coefficient (Wildman–Crippen LogP) is 7.72. The van der Waals surface area contributed by atoms with Crippen molar-refractivity contribution in [2.24, 2.45) is 10.4 Å². The molecular weight excluding hydrogens is 486 g/mol. The standard InChI is InChI=1S/C30H32BrNO2/c1-29(20-10-5-11-21-29)22-30(28(33)34-2,25-16-18-26(31)19-17-25)32-27(23-12-6-3-7-13-23)24-14-8-4-9-15-24/h3-4,6-9,12-19H,5,10-11,20-22H2,1-2H3. The molecule has 0 amide bonds. The van der Waals surface area contributed by atoms with Gasteiger partial charge in [0, 0.05) is 15.6 Å². The Hall–Kier alpha value is -2.72. The highest BCUT2D eigenvalue weighted by atomic mass is 79.9. The molecule has 1 aliphatic carbocycles. The molecule has 3 nitrogen and oxygen atoms in total. The number of hydrogen-bond donors (Lipinski definition) is 0. The van der Waals surface area contributed by atoms with Crippen LogP contribution in [0.25, 0.3) is 0 Å². The van der Waals surface area contributed by atoms with Gasteiger partial charge in [0.25, 0.3) is 0 Å². The second-order valence-electron chi connectivity index (χ2n) is 9.60. The zero-order chi connectivity index (χ0) is 24.0. The number of rotatable bonds is 7. The molecule has 3 aromatic rings. The van der Waals surface area contributed by atoms with E-state index in [0.717, 1.165) is 39.7 Å². The maximum absolute atomic E-state index is 13.8. The molecule has 1 atom stereocenters. The average Bonchev–Trinajstić information content (AvgIpc) is 2.88. The van der Waals surface area contributed by atoms with Crippen molar-refractivity contribution in [3.8, 4) is 0 Å². The van der Waals surface area contributed by atoms with E-state index in [9.17, 15) is 4.79 Å². The third-order valence-corrected chi connectivity index (χ3v) is 7.51. The lowest BCUT2D eigenvalue weighted by Crippen LogP contribution is -2.42. The molecule has 0 aliphatic heterocycles. The molecule has 0 spiro atoms. The summed E-state index contributed by atoms with van der Waals surface area (Å²) >= 11 is 3.55. The number of esters is 1. The van der Waals surface area contributed by atoms with Gasteiger partial charge in [-0.25, -0.2) is 4.79 Å². The largest absolute Gasteiger partial charge is 0.467 e. The van der Waals surface area contributed by atoms with E-state index < -0.39 is 5.54 Å². The van der Waals surface area contributed by atoms with Crippen LogP contribution in [0.3, 0.4) is 0 Å². The predicted molar refractivity (Wildman–Crippen MR) is 142 cm³/mol. The van der Waals surface area contributed by atoms with E-state index in [1.807, 2.05) is 60.7 Å². The van der Waals surface area contributed by atoms with Crippen LogP contribution in [-0.4, -0.2) is 18.8 Å². The molecule has 1 saturated carbocycles. The highest BCUT2D eigenvalue weighted by molar-refractivity contribution is 9.10. The smallest absolute Gasteiger partial charge is 0.338 e. The lowest BCUT2D eigenvalue weighted by molar-refractivity contribution is -0.149. The van der Waals surface area contributed by atoms with Crippen molar-refractivity contribution in [3.05, 3.63) is 106 Å². The van der Waals surface area contributed by atoms with Gasteiger partial charge in [-0.05, 0) is 42.4 Å². The Morgan fingerprint density at radius 2 is 1.41 bits per heavy atom. The monoisotopic (exact) mass is 517 g/mol. The Morgan fingerprint density at radius 1 is 0.882 bits per heavy atom. The molecule has 0 saturated heterocycles. The Morgan fingerprint density at radius 3 is 1.91 bits per heavy atom. The van der Waals surface area contributed by atoms with E-state index in [-0.39, 0.29) is 11.4 Å². The number of nitrogens with zero attached hydrogens (tertiary/aromatic N) is 1. The van der Waals surface area contributed by atoms with E-state index in [1.54, 1.807) is 0 Å². The number of benzene rings is 3. The molecule has 4 heteroatoms. The highest BCUT2D eigenvalue weighted by Crippen LogP contribution is 2.47. The van der Waals surface area contributed by atoms with E-state index in [4.69, 9.17) is 9.73 Å². The van der Waals surface area contributed by atoms with Crippen LogP contribution in [-0.2, 0) is 15.1 Å². The molecule has 34 heavy (non-hydrogen) atoms. The van der Waals surface area contributed by atoms with Crippen molar-refractivity contribution in [3.63, 3.8) is 0 Å². The molecular formula is C30H32BrNO2. The van der Waals surface area contributed by atoms with Gasteiger partial charge in [-0.2, -0.15) is 0 Å². The van der Waals surface area contributed by atoms with E-state index >= 15 is 0 Å². The normalized spacial score (nSPS) is 16.8. The summed E-state index contributed by atoms with van der Waals surface area (Å²) in [6.45, 7) is 2.31. The fraction of sp³-hybridized carbons (Fsp3) is 0.333. The summed E-state index contributed by atoms with van der Waals surface area (Å²) in [7, 11) is 1.47. The number of carbonyl (C=O) groups excluding carboxylic acids is 1. The summed E-state index contributed by atoms with van der Waals surface area (Å²) in [6, 6.07) is 28.2. The van der Waals surface area contributed by atoms with Crippen molar-refractivity contribution in [1.82, 2.24) is 0 Å². The second kappa shape index (κ2) is 10.7. The SMILES string of the molecule is COC(=O)C(CC1(C)CCCCC1)(N=C(c1ccccc1)c1ccccc1)c1ccc(Br)cc1. The maximum Gasteiger partial charge on any atom is 0.338 e. The summed E-state index contributed by atoms with van der Waals surface area (Å²) in [5, 5.41) is 0. The van der Waals surface area contributed by atoms with Crippen LogP contribution in [0.2, 0.25) is 0 Å². The van der Waals surface area contributed by atoms with Crippen molar-refractivity contribution < 1.29 is 9.53 Å². The molecule has 3 aromatic carbocycles. The number of methoxy groups -OCH3 is 1. The summed E-state index contributed by atoms with van der Waals surface area (Å²) in [6.07, 6.45) is 6.40. The molecule has 0 heterocycles. The van der Waals surface area contributed by atoms with Gasteiger partial charge in [0.15, 0.2) is 5.54 Å². The van der Waals surface area contributed by atoms with Crippen molar-refractivity contribution >= 4 is 27.6 Å². The molecule has 1 aliphatic rings. The maximum atomic E-state index is 13.8. The van der Waals surface area contributed by atoms with Crippen LogP contribution in [0.1, 0.15) is 62.1 Å². The average molecular weight is 518 g/mol. The lowest BCUT2D eigenvalue weighted by Gasteiger charge is -2.41. The molecule has 0 radical (unpaired) electrons. The van der Waals surface area contributed by atoms with Gasteiger partial charge in [0.05, 0.1) is 12.8 Å². The Labute approximate surface area is 211 Å². The second-order valence-corrected chi connectivity index (χ2v) is 10.5. The molecule has 176 valence electrons. The minimum Gasteiger partial charge on any atom is -0.467 e. The Kier molecular flexibility index (Phi) is 7.67. The van der Waals surface area contributed by atoms with E-state index in [1.165, 1.54) is 26.4 Å². The van der Waals surface area contributed by atoms with E-state index in [2.05, 4.69) is 47.1 Å². The fourth-order valence-electron chi connectivity index (χ4n) is 5.21. The van der Waals surface area contributed by atoms with Gasteiger partial charge >= 0.3 is 5.97 Å². The molecule has 4 rings (SSSR count). The lowest BCUT2D eigenvalue weighted by atomic mass is 9.66. The van der Waals surface area contributed by atoms with Gasteiger partial charge in [-0.1, -0.05) is 115 Å².